The number of hydrogen-bond donors (Lipinski definition) is 0. The molecular weight excluding hydrogens is 827 g/mol. The van der Waals surface area contributed by atoms with E-state index >= 15 is 0 Å². The van der Waals surface area contributed by atoms with Crippen molar-refractivity contribution in [1.82, 2.24) is 24.1 Å². The van der Waals surface area contributed by atoms with Crippen molar-refractivity contribution in [2.75, 3.05) is 0 Å². The molecule has 312 valence electrons. The van der Waals surface area contributed by atoms with Gasteiger partial charge in [-0.2, -0.15) is 0 Å². The van der Waals surface area contributed by atoms with Crippen LogP contribution in [0.1, 0.15) is 0 Å². The largest absolute Gasteiger partial charge is 0.456 e. The first kappa shape index (κ1) is 36.1. The minimum atomic E-state index is 0.519. The highest BCUT2D eigenvalue weighted by Crippen LogP contribution is 2.44. The lowest BCUT2D eigenvalue weighted by Gasteiger charge is -2.14. The predicted molar refractivity (Wildman–Crippen MR) is 269 cm³/mol. The third-order valence-corrected chi connectivity index (χ3v) is 13.4. The Kier molecular flexibility index (Phi) is 7.34. The lowest BCUT2D eigenvalue weighted by atomic mass is 10.1. The molecule has 6 heterocycles. The Bertz CT molecular complexity index is 4530. The Balaban J connectivity index is 1.06. The minimum absolute atomic E-state index is 0.519. The van der Waals surface area contributed by atoms with Gasteiger partial charge in [-0.1, -0.05) is 121 Å². The number of rotatable bonds is 5. The van der Waals surface area contributed by atoms with Crippen molar-refractivity contribution in [2.45, 2.75) is 0 Å². The molecule has 0 aliphatic heterocycles. The van der Waals surface area contributed by atoms with Gasteiger partial charge in [0.2, 0.25) is 5.89 Å². The maximum atomic E-state index is 6.66. The number of furan rings is 2. The summed E-state index contributed by atoms with van der Waals surface area (Å²) in [5, 5.41) is 8.69. The van der Waals surface area contributed by atoms with Crippen molar-refractivity contribution < 1.29 is 13.3 Å². The van der Waals surface area contributed by atoms with Crippen LogP contribution in [0.25, 0.3) is 144 Å². The van der Waals surface area contributed by atoms with Crippen LogP contribution >= 0.6 is 0 Å². The summed E-state index contributed by atoms with van der Waals surface area (Å²) in [5.74, 6) is 1.75. The Labute approximate surface area is 380 Å². The zero-order chi connectivity index (χ0) is 43.7. The van der Waals surface area contributed by atoms with E-state index in [2.05, 4.69) is 130 Å². The van der Waals surface area contributed by atoms with E-state index in [4.69, 9.17) is 28.2 Å². The highest BCUT2D eigenvalue weighted by Gasteiger charge is 2.25. The molecule has 67 heavy (non-hydrogen) atoms. The van der Waals surface area contributed by atoms with Crippen LogP contribution < -0.4 is 0 Å². The number of aromatic nitrogens is 5. The normalized spacial score (nSPS) is 12.2. The number of oxazole rings is 1. The molecule has 0 radical (unpaired) electrons. The van der Waals surface area contributed by atoms with Gasteiger partial charge in [0.15, 0.2) is 11.4 Å². The molecule has 6 aromatic heterocycles. The number of fused-ring (bicyclic) bond motifs is 14. The molecule has 8 heteroatoms. The van der Waals surface area contributed by atoms with E-state index in [9.17, 15) is 0 Å². The average molecular weight is 860 g/mol. The molecule has 0 atom stereocenters. The van der Waals surface area contributed by atoms with Crippen LogP contribution in [0.3, 0.4) is 0 Å². The van der Waals surface area contributed by atoms with E-state index in [0.29, 0.717) is 28.8 Å². The zero-order valence-corrected chi connectivity index (χ0v) is 35.5. The second-order valence-corrected chi connectivity index (χ2v) is 17.1. The molecule has 0 N–H and O–H groups in total. The fraction of sp³-hybridized carbons (Fsp3) is 0. The topological polar surface area (TPSA) is 88.0 Å². The molecule has 8 nitrogen and oxygen atoms in total. The maximum absolute atomic E-state index is 6.66. The summed E-state index contributed by atoms with van der Waals surface area (Å²) in [5.41, 5.74) is 12.9. The van der Waals surface area contributed by atoms with Crippen LogP contribution in [0, 0.1) is 0 Å². The molecule has 0 spiro atoms. The fourth-order valence-corrected chi connectivity index (χ4v) is 10.4. The van der Waals surface area contributed by atoms with E-state index in [1.165, 1.54) is 0 Å². The summed E-state index contributed by atoms with van der Waals surface area (Å²) in [6.45, 7) is 0. The van der Waals surface area contributed by atoms with E-state index < -0.39 is 0 Å². The molecule has 9 aromatic carbocycles. The number of nitrogens with zero attached hydrogens (tertiary/aromatic N) is 5. The molecule has 0 amide bonds. The van der Waals surface area contributed by atoms with Crippen molar-refractivity contribution in [2.24, 2.45) is 0 Å². The van der Waals surface area contributed by atoms with Crippen LogP contribution in [0.4, 0.5) is 0 Å². The quantitative estimate of drug-likeness (QED) is 0.171. The van der Waals surface area contributed by atoms with E-state index in [-0.39, 0.29) is 0 Å². The van der Waals surface area contributed by atoms with Crippen molar-refractivity contribution in [3.8, 4) is 45.6 Å². The Morgan fingerprint density at radius 2 is 0.955 bits per heavy atom. The van der Waals surface area contributed by atoms with Gasteiger partial charge < -0.3 is 17.8 Å². The second kappa shape index (κ2) is 13.6. The maximum Gasteiger partial charge on any atom is 0.227 e. The van der Waals surface area contributed by atoms with E-state index in [1.54, 1.807) is 0 Å². The third kappa shape index (κ3) is 5.20. The molecule has 15 aromatic rings. The summed E-state index contributed by atoms with van der Waals surface area (Å²) in [7, 11) is 0. The minimum Gasteiger partial charge on any atom is -0.456 e. The van der Waals surface area contributed by atoms with Crippen LogP contribution in [-0.4, -0.2) is 24.1 Å². The Hall–Kier alpha value is -9.27. The molecule has 0 saturated heterocycles. The van der Waals surface area contributed by atoms with Gasteiger partial charge in [-0.3, -0.25) is 4.57 Å². The monoisotopic (exact) mass is 859 g/mol. The van der Waals surface area contributed by atoms with Gasteiger partial charge in [-0.05, 0) is 66.7 Å². The zero-order valence-electron chi connectivity index (χ0n) is 35.5. The van der Waals surface area contributed by atoms with Gasteiger partial charge in [0, 0.05) is 66.3 Å². The van der Waals surface area contributed by atoms with Crippen LogP contribution in [0.15, 0.2) is 213 Å². The van der Waals surface area contributed by atoms with Gasteiger partial charge in [0.25, 0.3) is 0 Å². The molecule has 0 aliphatic rings. The SMILES string of the molecule is c1ccc(-c2nc3cccc(-c4cc(-n5c6ccccc6c6ccc7c8ccccc8n(-c8ccc9c(c8)oc8ccccc89)c7c65)nc(-c5cccc6c5oc5ccccc56)n4)c3o2)cc1. The number of hydrogen-bond acceptors (Lipinski definition) is 6. The first-order chi connectivity index (χ1) is 33.2. The first-order valence-electron chi connectivity index (χ1n) is 22.3. The summed E-state index contributed by atoms with van der Waals surface area (Å²) in [6, 6.07) is 69.0. The van der Waals surface area contributed by atoms with Crippen molar-refractivity contribution in [1.29, 1.82) is 0 Å². The summed E-state index contributed by atoms with van der Waals surface area (Å²) >= 11 is 0. The molecule has 0 fully saturated rings. The third-order valence-electron chi connectivity index (χ3n) is 13.4. The summed E-state index contributed by atoms with van der Waals surface area (Å²) in [4.78, 5) is 15.9. The van der Waals surface area contributed by atoms with Crippen molar-refractivity contribution in [3.63, 3.8) is 0 Å². The average Bonchev–Trinajstić information content (AvgIpc) is 4.21. The fourth-order valence-electron chi connectivity index (χ4n) is 10.4. The van der Waals surface area contributed by atoms with Gasteiger partial charge in [0.1, 0.15) is 33.7 Å². The predicted octanol–water partition coefficient (Wildman–Crippen LogP) is 15.6. The smallest absolute Gasteiger partial charge is 0.227 e. The lowest BCUT2D eigenvalue weighted by molar-refractivity contribution is 0.620. The lowest BCUT2D eigenvalue weighted by Crippen LogP contribution is -2.04. The molecule has 0 unspecified atom stereocenters. The van der Waals surface area contributed by atoms with Crippen LogP contribution in [0.2, 0.25) is 0 Å². The molecule has 0 saturated carbocycles. The molecule has 15 rings (SSSR count). The molecule has 0 bridgehead atoms. The van der Waals surface area contributed by atoms with Gasteiger partial charge >= 0.3 is 0 Å². The highest BCUT2D eigenvalue weighted by atomic mass is 16.3. The number of benzene rings is 9. The first-order valence-corrected chi connectivity index (χ1v) is 22.3. The van der Waals surface area contributed by atoms with Crippen LogP contribution in [0.5, 0.6) is 0 Å². The Morgan fingerprint density at radius 3 is 1.75 bits per heavy atom. The summed E-state index contributed by atoms with van der Waals surface area (Å²) in [6.07, 6.45) is 0. The summed E-state index contributed by atoms with van der Waals surface area (Å²) < 4.78 is 24.5. The van der Waals surface area contributed by atoms with Crippen molar-refractivity contribution >= 4 is 98.6 Å². The van der Waals surface area contributed by atoms with Gasteiger partial charge in [-0.15, -0.1) is 0 Å². The van der Waals surface area contributed by atoms with Gasteiger partial charge in [-0.25, -0.2) is 15.0 Å². The second-order valence-electron chi connectivity index (χ2n) is 17.1. The van der Waals surface area contributed by atoms with Crippen LogP contribution in [-0.2, 0) is 0 Å². The molecule has 0 aliphatic carbocycles. The standard InChI is InChI=1S/C59H33N5O3/c1-2-14-34(15-3-1)59-61-46-23-13-21-44(57(46)67-59)47-33-53(62-58(60-47)45-22-12-20-43-39-19-7-11-27-51(39)66-56(43)45)64-49-25-9-5-17-37(49)42-31-30-41-36-16-4-8-24-48(36)63(54(41)55(42)64)35-28-29-40-38-18-6-10-26-50(38)65-52(40)32-35/h1-33H. The Morgan fingerprint density at radius 1 is 0.358 bits per heavy atom. The van der Waals surface area contributed by atoms with E-state index in [0.717, 1.165) is 115 Å². The number of para-hydroxylation sites is 6. The van der Waals surface area contributed by atoms with E-state index in [1.807, 2.05) is 78.9 Å². The highest BCUT2D eigenvalue weighted by molar-refractivity contribution is 6.24. The van der Waals surface area contributed by atoms with Gasteiger partial charge in [0.05, 0.1) is 39.0 Å². The van der Waals surface area contributed by atoms with Crippen molar-refractivity contribution in [3.05, 3.63) is 200 Å². The molecular formula is C59H33N5O3.